The number of para-hydroxylation sites is 1. The summed E-state index contributed by atoms with van der Waals surface area (Å²) in [4.78, 5) is 4.88. The van der Waals surface area contributed by atoms with Gasteiger partial charge in [0, 0.05) is 22.2 Å². The third-order valence-electron chi connectivity index (χ3n) is 4.75. The average Bonchev–Trinajstić information content (AvgIpc) is 2.62. The first-order chi connectivity index (χ1) is 12.1. The second-order valence-corrected chi connectivity index (χ2v) is 6.70. The summed E-state index contributed by atoms with van der Waals surface area (Å²) in [7, 11) is 0. The fourth-order valence-corrected chi connectivity index (χ4v) is 3.43. The maximum Gasteiger partial charge on any atom is 0.0711 e. The first-order valence-corrected chi connectivity index (χ1v) is 8.67. The van der Waals surface area contributed by atoms with Gasteiger partial charge in [-0.15, -0.1) is 0 Å². The first-order valence-electron chi connectivity index (χ1n) is 8.67. The van der Waals surface area contributed by atoms with Crippen LogP contribution in [0.3, 0.4) is 0 Å². The van der Waals surface area contributed by atoms with Crippen molar-refractivity contribution in [3.8, 4) is 22.3 Å². The quantitative estimate of drug-likeness (QED) is 0.410. The van der Waals surface area contributed by atoms with Crippen LogP contribution < -0.4 is 0 Å². The molecule has 0 bridgehead atoms. The van der Waals surface area contributed by atoms with Crippen LogP contribution in [0.5, 0.6) is 0 Å². The van der Waals surface area contributed by atoms with E-state index < -0.39 is 0 Å². The zero-order valence-corrected chi connectivity index (χ0v) is 14.9. The molecule has 0 aliphatic carbocycles. The molecule has 0 aliphatic rings. The molecule has 122 valence electrons. The highest BCUT2D eigenvalue weighted by molar-refractivity contribution is 6.03. The first kappa shape index (κ1) is 15.6. The number of hydrogen-bond acceptors (Lipinski definition) is 1. The molecule has 4 aromatic rings. The predicted octanol–water partition coefficient (Wildman–Crippen LogP) is 6.49. The number of nitrogens with zero attached hydrogens (tertiary/aromatic N) is 1. The lowest BCUT2D eigenvalue weighted by atomic mass is 9.90. The van der Waals surface area contributed by atoms with E-state index in [1.165, 1.54) is 38.8 Å². The summed E-state index contributed by atoms with van der Waals surface area (Å²) in [6, 6.07) is 26.0. The lowest BCUT2D eigenvalue weighted by Crippen LogP contribution is -1.95. The summed E-state index contributed by atoms with van der Waals surface area (Å²) in [5.41, 5.74) is 9.61. The van der Waals surface area contributed by atoms with Gasteiger partial charge in [0.25, 0.3) is 0 Å². The van der Waals surface area contributed by atoms with E-state index in [4.69, 9.17) is 4.98 Å². The highest BCUT2D eigenvalue weighted by Gasteiger charge is 2.15. The van der Waals surface area contributed by atoms with E-state index in [-0.39, 0.29) is 0 Å². The minimum absolute atomic E-state index is 1.05. The van der Waals surface area contributed by atoms with Crippen LogP contribution in [0.1, 0.15) is 16.8 Å². The molecule has 0 aliphatic heterocycles. The number of benzene rings is 3. The summed E-state index contributed by atoms with van der Waals surface area (Å²) in [5.74, 6) is 0. The fraction of sp³-hybridized carbons (Fsp3) is 0.125. The minimum Gasteiger partial charge on any atom is -0.252 e. The Labute approximate surface area is 149 Å². The van der Waals surface area contributed by atoms with Crippen LogP contribution in [0, 0.1) is 20.8 Å². The molecule has 0 saturated carbocycles. The zero-order valence-electron chi connectivity index (χ0n) is 14.9. The van der Waals surface area contributed by atoms with Gasteiger partial charge >= 0.3 is 0 Å². The smallest absolute Gasteiger partial charge is 0.0711 e. The van der Waals surface area contributed by atoms with Gasteiger partial charge in [0.05, 0.1) is 5.52 Å². The minimum atomic E-state index is 1.05. The Morgan fingerprint density at radius 2 is 1.08 bits per heavy atom. The molecule has 1 nitrogen and oxygen atoms in total. The standard InChI is InChI=1S/C24H21N/c1-16-8-12-19(13-9-16)23-18(3)25-22-7-5-4-6-21(22)24(23)20-14-10-17(2)11-15-20/h4-15H,1-3H3. The maximum atomic E-state index is 4.88. The number of pyridine rings is 1. The van der Waals surface area contributed by atoms with Crippen molar-refractivity contribution in [3.63, 3.8) is 0 Å². The summed E-state index contributed by atoms with van der Waals surface area (Å²) in [5, 5.41) is 1.20. The highest BCUT2D eigenvalue weighted by atomic mass is 14.7. The van der Waals surface area contributed by atoms with Gasteiger partial charge in [0.2, 0.25) is 0 Å². The molecule has 0 fully saturated rings. The maximum absolute atomic E-state index is 4.88. The fourth-order valence-electron chi connectivity index (χ4n) is 3.43. The molecule has 0 atom stereocenters. The average molecular weight is 323 g/mol. The van der Waals surface area contributed by atoms with E-state index >= 15 is 0 Å². The number of aryl methyl sites for hydroxylation is 3. The molecule has 0 spiro atoms. The molecule has 4 rings (SSSR count). The van der Waals surface area contributed by atoms with Crippen molar-refractivity contribution in [2.75, 3.05) is 0 Å². The van der Waals surface area contributed by atoms with Crippen molar-refractivity contribution in [1.29, 1.82) is 0 Å². The largest absolute Gasteiger partial charge is 0.252 e. The summed E-state index contributed by atoms with van der Waals surface area (Å²) < 4.78 is 0. The number of hydrogen-bond donors (Lipinski definition) is 0. The topological polar surface area (TPSA) is 12.9 Å². The molecule has 1 heteroatoms. The highest BCUT2D eigenvalue weighted by Crippen LogP contribution is 2.39. The predicted molar refractivity (Wildman–Crippen MR) is 107 cm³/mol. The van der Waals surface area contributed by atoms with E-state index in [0.717, 1.165) is 11.2 Å². The van der Waals surface area contributed by atoms with Gasteiger partial charge in [-0.3, -0.25) is 4.98 Å². The van der Waals surface area contributed by atoms with Crippen LogP contribution in [-0.4, -0.2) is 4.98 Å². The van der Waals surface area contributed by atoms with Gasteiger partial charge in [0.15, 0.2) is 0 Å². The Morgan fingerprint density at radius 3 is 1.68 bits per heavy atom. The molecule has 25 heavy (non-hydrogen) atoms. The molecule has 0 unspecified atom stereocenters. The van der Waals surface area contributed by atoms with Gasteiger partial charge < -0.3 is 0 Å². The van der Waals surface area contributed by atoms with E-state index in [1.54, 1.807) is 0 Å². The van der Waals surface area contributed by atoms with Gasteiger partial charge in [-0.1, -0.05) is 77.9 Å². The molecule has 0 N–H and O–H groups in total. The van der Waals surface area contributed by atoms with Crippen LogP contribution >= 0.6 is 0 Å². The second-order valence-electron chi connectivity index (χ2n) is 6.70. The number of rotatable bonds is 2. The van der Waals surface area contributed by atoms with E-state index in [2.05, 4.69) is 93.6 Å². The van der Waals surface area contributed by atoms with Crippen molar-refractivity contribution in [3.05, 3.63) is 89.6 Å². The molecule has 0 radical (unpaired) electrons. The van der Waals surface area contributed by atoms with Crippen molar-refractivity contribution >= 4 is 10.9 Å². The Morgan fingerprint density at radius 1 is 0.560 bits per heavy atom. The molecule has 3 aromatic carbocycles. The molecule has 0 amide bonds. The Balaban J connectivity index is 2.10. The lowest BCUT2D eigenvalue weighted by molar-refractivity contribution is 1.25. The van der Waals surface area contributed by atoms with Crippen LogP contribution in [-0.2, 0) is 0 Å². The number of aromatic nitrogens is 1. The second kappa shape index (κ2) is 6.18. The summed E-state index contributed by atoms with van der Waals surface area (Å²) >= 11 is 0. The van der Waals surface area contributed by atoms with Crippen LogP contribution in [0.15, 0.2) is 72.8 Å². The van der Waals surface area contributed by atoms with Crippen molar-refractivity contribution in [2.24, 2.45) is 0 Å². The van der Waals surface area contributed by atoms with Crippen molar-refractivity contribution in [2.45, 2.75) is 20.8 Å². The Kier molecular flexibility index (Phi) is 3.85. The van der Waals surface area contributed by atoms with Crippen LogP contribution in [0.4, 0.5) is 0 Å². The molecule has 1 heterocycles. The third-order valence-corrected chi connectivity index (χ3v) is 4.75. The van der Waals surface area contributed by atoms with Gasteiger partial charge in [0.1, 0.15) is 0 Å². The molecular formula is C24H21N. The van der Waals surface area contributed by atoms with Crippen LogP contribution in [0.2, 0.25) is 0 Å². The zero-order chi connectivity index (χ0) is 17.4. The molecule has 1 aromatic heterocycles. The summed E-state index contributed by atoms with van der Waals surface area (Å²) in [6.07, 6.45) is 0. The van der Waals surface area contributed by atoms with E-state index in [1.807, 2.05) is 0 Å². The van der Waals surface area contributed by atoms with Crippen molar-refractivity contribution < 1.29 is 0 Å². The molecule has 0 saturated heterocycles. The van der Waals surface area contributed by atoms with E-state index in [0.29, 0.717) is 0 Å². The van der Waals surface area contributed by atoms with Gasteiger partial charge in [-0.05, 0) is 38.0 Å². The van der Waals surface area contributed by atoms with Gasteiger partial charge in [-0.2, -0.15) is 0 Å². The lowest BCUT2D eigenvalue weighted by Gasteiger charge is -2.16. The van der Waals surface area contributed by atoms with E-state index in [9.17, 15) is 0 Å². The third kappa shape index (κ3) is 2.83. The van der Waals surface area contributed by atoms with Crippen molar-refractivity contribution in [1.82, 2.24) is 4.98 Å². The number of fused-ring (bicyclic) bond motifs is 1. The SMILES string of the molecule is Cc1ccc(-c2c(C)nc3ccccc3c2-c2ccc(C)cc2)cc1. The Hall–Kier alpha value is -2.93. The normalized spacial score (nSPS) is 11.0. The van der Waals surface area contributed by atoms with Crippen LogP contribution in [0.25, 0.3) is 33.2 Å². The monoisotopic (exact) mass is 323 g/mol. The molecular weight excluding hydrogens is 302 g/mol. The Bertz CT molecular complexity index is 1040. The van der Waals surface area contributed by atoms with Gasteiger partial charge in [-0.25, -0.2) is 0 Å². The summed E-state index contributed by atoms with van der Waals surface area (Å²) in [6.45, 7) is 6.36.